The third-order valence-corrected chi connectivity index (χ3v) is 2.99. The Bertz CT molecular complexity index is 274. The molecule has 0 amide bonds. The van der Waals surface area contributed by atoms with Gasteiger partial charge in [-0.05, 0) is 38.1 Å². The van der Waals surface area contributed by atoms with Gasteiger partial charge in [0.15, 0.2) is 0 Å². The van der Waals surface area contributed by atoms with E-state index in [0.29, 0.717) is 6.54 Å². The van der Waals surface area contributed by atoms with Gasteiger partial charge in [-0.25, -0.2) is 0 Å². The maximum Gasteiger partial charge on any atom is 0.0350 e. The summed E-state index contributed by atoms with van der Waals surface area (Å²) in [5.41, 5.74) is 6.88. The largest absolute Gasteiger partial charge is 0.349 e. The first kappa shape index (κ1) is 9.74. The van der Waals surface area contributed by atoms with E-state index in [4.69, 9.17) is 5.73 Å². The minimum absolute atomic E-state index is 0.646. The topological polar surface area (TPSA) is 34.2 Å². The molecule has 0 atom stereocenters. The van der Waals surface area contributed by atoms with Gasteiger partial charge in [0.2, 0.25) is 0 Å². The maximum atomic E-state index is 5.64. The predicted molar refractivity (Wildman–Crippen MR) is 58.0 cm³/mol. The number of aromatic nitrogens is 1. The second kappa shape index (κ2) is 4.62. The summed E-state index contributed by atoms with van der Waals surface area (Å²) in [6.45, 7) is 5.45. The minimum Gasteiger partial charge on any atom is -0.349 e. The lowest BCUT2D eigenvalue weighted by Crippen LogP contribution is -2.24. The molecule has 0 aromatic carbocycles. The number of rotatable bonds is 4. The van der Waals surface area contributed by atoms with Gasteiger partial charge in [0, 0.05) is 31.5 Å². The molecule has 0 unspecified atom stereocenters. The van der Waals surface area contributed by atoms with Gasteiger partial charge < -0.3 is 15.2 Å². The van der Waals surface area contributed by atoms with E-state index in [9.17, 15) is 0 Å². The van der Waals surface area contributed by atoms with Gasteiger partial charge in [-0.2, -0.15) is 0 Å². The Morgan fingerprint density at radius 3 is 2.71 bits per heavy atom. The molecule has 1 saturated heterocycles. The fraction of sp³-hybridized carbons (Fsp3) is 0.636. The predicted octanol–water partition coefficient (Wildman–Crippen LogP) is 1.04. The molecule has 3 heteroatoms. The van der Waals surface area contributed by atoms with Gasteiger partial charge >= 0.3 is 0 Å². The summed E-state index contributed by atoms with van der Waals surface area (Å²) in [5.74, 6) is 0. The van der Waals surface area contributed by atoms with Gasteiger partial charge in [0.05, 0.1) is 0 Å². The molecule has 2 rings (SSSR count). The molecule has 2 heterocycles. The maximum absolute atomic E-state index is 5.64. The lowest BCUT2D eigenvalue weighted by atomic mass is 10.4. The number of hydrogen-bond acceptors (Lipinski definition) is 2. The molecule has 1 fully saturated rings. The van der Waals surface area contributed by atoms with Crippen LogP contribution in [0.1, 0.15) is 18.5 Å². The molecule has 0 radical (unpaired) electrons. The van der Waals surface area contributed by atoms with Crippen molar-refractivity contribution >= 4 is 0 Å². The van der Waals surface area contributed by atoms with Crippen LogP contribution in [0.25, 0.3) is 0 Å². The van der Waals surface area contributed by atoms with E-state index in [1.165, 1.54) is 38.2 Å². The van der Waals surface area contributed by atoms with Gasteiger partial charge in [-0.3, -0.25) is 0 Å². The molecule has 3 nitrogen and oxygen atoms in total. The molecular weight excluding hydrogens is 174 g/mol. The Hall–Kier alpha value is -0.800. The zero-order valence-corrected chi connectivity index (χ0v) is 8.65. The summed E-state index contributed by atoms with van der Waals surface area (Å²) >= 11 is 0. The van der Waals surface area contributed by atoms with E-state index in [0.717, 1.165) is 6.54 Å². The smallest absolute Gasteiger partial charge is 0.0350 e. The monoisotopic (exact) mass is 193 g/mol. The fourth-order valence-corrected chi connectivity index (χ4v) is 2.11. The lowest BCUT2D eigenvalue weighted by molar-refractivity contribution is 0.321. The molecule has 1 aromatic heterocycles. The number of hydrogen-bond donors (Lipinski definition) is 1. The van der Waals surface area contributed by atoms with Crippen molar-refractivity contribution in [3.05, 3.63) is 24.0 Å². The molecule has 0 aliphatic carbocycles. The van der Waals surface area contributed by atoms with E-state index < -0.39 is 0 Å². The first-order chi connectivity index (χ1) is 6.90. The zero-order chi connectivity index (χ0) is 9.80. The van der Waals surface area contributed by atoms with Crippen LogP contribution in [0.5, 0.6) is 0 Å². The molecule has 1 aliphatic heterocycles. The Morgan fingerprint density at radius 2 is 2.00 bits per heavy atom. The van der Waals surface area contributed by atoms with E-state index >= 15 is 0 Å². The van der Waals surface area contributed by atoms with E-state index in [2.05, 4.69) is 27.8 Å². The minimum atomic E-state index is 0.646. The third-order valence-electron chi connectivity index (χ3n) is 2.99. The van der Waals surface area contributed by atoms with Gasteiger partial charge in [0.25, 0.3) is 0 Å². The van der Waals surface area contributed by atoms with Crippen molar-refractivity contribution in [3.63, 3.8) is 0 Å². The first-order valence-corrected chi connectivity index (χ1v) is 5.46. The van der Waals surface area contributed by atoms with Crippen molar-refractivity contribution in [3.8, 4) is 0 Å². The number of likely N-dealkylation sites (tertiary alicyclic amines) is 1. The highest BCUT2D eigenvalue weighted by molar-refractivity contribution is 5.06. The molecule has 1 aromatic rings. The van der Waals surface area contributed by atoms with Gasteiger partial charge in [0.1, 0.15) is 0 Å². The van der Waals surface area contributed by atoms with Crippen molar-refractivity contribution in [2.45, 2.75) is 25.9 Å². The van der Waals surface area contributed by atoms with E-state index in [1.807, 2.05) is 0 Å². The van der Waals surface area contributed by atoms with Crippen molar-refractivity contribution in [2.24, 2.45) is 5.73 Å². The highest BCUT2D eigenvalue weighted by Gasteiger charge is 2.10. The Kier molecular flexibility index (Phi) is 3.22. The normalized spacial score (nSPS) is 17.8. The average Bonchev–Trinajstić information content (AvgIpc) is 2.85. The molecule has 2 N–H and O–H groups in total. The van der Waals surface area contributed by atoms with Gasteiger partial charge in [-0.15, -0.1) is 0 Å². The number of nitrogens with two attached hydrogens (primary N) is 1. The SMILES string of the molecule is NCc1cccn1CCN1CCCC1. The van der Waals surface area contributed by atoms with E-state index in [-0.39, 0.29) is 0 Å². The average molecular weight is 193 g/mol. The quantitative estimate of drug-likeness (QED) is 0.775. The number of nitrogens with zero attached hydrogens (tertiary/aromatic N) is 2. The second-order valence-electron chi connectivity index (χ2n) is 3.95. The van der Waals surface area contributed by atoms with Crippen LogP contribution in [0.15, 0.2) is 18.3 Å². The molecule has 0 spiro atoms. The van der Waals surface area contributed by atoms with Crippen LogP contribution in [-0.4, -0.2) is 29.1 Å². The highest BCUT2D eigenvalue weighted by atomic mass is 15.2. The summed E-state index contributed by atoms with van der Waals surface area (Å²) in [6, 6.07) is 4.18. The van der Waals surface area contributed by atoms with Crippen LogP contribution >= 0.6 is 0 Å². The van der Waals surface area contributed by atoms with Gasteiger partial charge in [-0.1, -0.05) is 0 Å². The van der Waals surface area contributed by atoms with Crippen LogP contribution < -0.4 is 5.73 Å². The second-order valence-corrected chi connectivity index (χ2v) is 3.95. The van der Waals surface area contributed by atoms with Crippen LogP contribution in [0, 0.1) is 0 Å². The Balaban J connectivity index is 1.84. The molecule has 1 aliphatic rings. The fourth-order valence-electron chi connectivity index (χ4n) is 2.11. The summed E-state index contributed by atoms with van der Waals surface area (Å²) in [5, 5.41) is 0. The molecular formula is C11H19N3. The molecule has 14 heavy (non-hydrogen) atoms. The van der Waals surface area contributed by atoms with Crippen LogP contribution in [0.4, 0.5) is 0 Å². The summed E-state index contributed by atoms with van der Waals surface area (Å²) in [7, 11) is 0. The Morgan fingerprint density at radius 1 is 1.21 bits per heavy atom. The first-order valence-electron chi connectivity index (χ1n) is 5.46. The van der Waals surface area contributed by atoms with Crippen LogP contribution in [0.3, 0.4) is 0 Å². The van der Waals surface area contributed by atoms with Crippen LogP contribution in [-0.2, 0) is 13.1 Å². The van der Waals surface area contributed by atoms with Crippen molar-refractivity contribution in [1.29, 1.82) is 0 Å². The highest BCUT2D eigenvalue weighted by Crippen LogP contribution is 2.08. The molecule has 0 saturated carbocycles. The van der Waals surface area contributed by atoms with Crippen molar-refractivity contribution in [1.82, 2.24) is 9.47 Å². The Labute approximate surface area is 85.5 Å². The van der Waals surface area contributed by atoms with E-state index in [1.54, 1.807) is 0 Å². The summed E-state index contributed by atoms with van der Waals surface area (Å²) in [6.07, 6.45) is 4.86. The van der Waals surface area contributed by atoms with Crippen molar-refractivity contribution in [2.75, 3.05) is 19.6 Å². The van der Waals surface area contributed by atoms with Crippen molar-refractivity contribution < 1.29 is 0 Å². The summed E-state index contributed by atoms with van der Waals surface area (Å²) in [4.78, 5) is 2.53. The molecule has 0 bridgehead atoms. The molecule has 78 valence electrons. The summed E-state index contributed by atoms with van der Waals surface area (Å²) < 4.78 is 2.26. The standard InChI is InChI=1S/C11H19N3/c12-10-11-4-3-7-14(11)9-8-13-5-1-2-6-13/h3-4,7H,1-2,5-6,8-10,12H2. The van der Waals surface area contributed by atoms with Crippen LogP contribution in [0.2, 0.25) is 0 Å². The zero-order valence-electron chi connectivity index (χ0n) is 8.65. The third kappa shape index (κ3) is 2.16. The lowest BCUT2D eigenvalue weighted by Gasteiger charge is -2.16.